The number of ketones is 1. The molecule has 6 atom stereocenters. The van der Waals surface area contributed by atoms with Gasteiger partial charge in [-0.15, -0.1) is 0 Å². The summed E-state index contributed by atoms with van der Waals surface area (Å²) in [4.78, 5) is 71.3. The Bertz CT molecular complexity index is 2170. The topological polar surface area (TPSA) is 124 Å². The van der Waals surface area contributed by atoms with Crippen molar-refractivity contribution in [3.8, 4) is 5.75 Å². The highest BCUT2D eigenvalue weighted by atomic mass is 19.1. The third kappa shape index (κ3) is 4.76. The highest BCUT2D eigenvalue weighted by Gasteiger charge is 2.70. The second kappa shape index (κ2) is 11.9. The van der Waals surface area contributed by atoms with E-state index in [2.05, 4.69) is 5.43 Å². The monoisotopic (exact) mass is 683 g/mol. The summed E-state index contributed by atoms with van der Waals surface area (Å²) in [6.45, 7) is 3.36. The first-order chi connectivity index (χ1) is 24.5. The molecule has 2 N–H and O–H groups in total. The zero-order valence-electron chi connectivity index (χ0n) is 27.9. The van der Waals surface area contributed by atoms with Crippen LogP contribution in [-0.4, -0.2) is 39.5 Å². The van der Waals surface area contributed by atoms with E-state index in [1.54, 1.807) is 66.7 Å². The van der Waals surface area contributed by atoms with E-state index in [0.29, 0.717) is 33.6 Å². The summed E-state index contributed by atoms with van der Waals surface area (Å²) in [6, 6.07) is 26.5. The summed E-state index contributed by atoms with van der Waals surface area (Å²) in [6.07, 6.45) is 2.18. The van der Waals surface area contributed by atoms with Gasteiger partial charge in [0.25, 0.3) is 11.8 Å². The number of nitrogens with zero attached hydrogens (tertiary/aromatic N) is 2. The van der Waals surface area contributed by atoms with Gasteiger partial charge >= 0.3 is 0 Å². The number of fused-ring (bicyclic) bond motifs is 4. The molecule has 2 heterocycles. The van der Waals surface area contributed by atoms with Crippen molar-refractivity contribution in [1.29, 1.82) is 0 Å². The summed E-state index contributed by atoms with van der Waals surface area (Å²) in [7, 11) is 0. The Morgan fingerprint density at radius 1 is 0.863 bits per heavy atom. The maximum absolute atomic E-state index is 15.3. The standard InChI is InChI=1S/C41H34FN3O6/c1-22-8-13-27(14-9-22)43-45-38(49)32-21-31-29(17-18-30-35(31)39(50)44(37(30)48)28-15-10-24(11-16-28)23(2)46)36(25-12-19-34(47)33(42)20-25)41(32,40(45)51)26-6-4-3-5-7-26/h3-17,19-20,30-32,35-36,43,47H,18,21H2,1-2H3. The van der Waals surface area contributed by atoms with Crippen LogP contribution in [0.2, 0.25) is 0 Å². The maximum atomic E-state index is 15.3. The van der Waals surface area contributed by atoms with Crippen LogP contribution in [0.3, 0.4) is 0 Å². The van der Waals surface area contributed by atoms with Crippen LogP contribution < -0.4 is 10.3 Å². The lowest BCUT2D eigenvalue weighted by Crippen LogP contribution is -2.53. The number of hydrogen-bond acceptors (Lipinski definition) is 7. The molecule has 4 aliphatic rings. The van der Waals surface area contributed by atoms with Gasteiger partial charge in [-0.2, -0.15) is 5.01 Å². The maximum Gasteiger partial charge on any atom is 0.260 e. The number of phenols is 1. The summed E-state index contributed by atoms with van der Waals surface area (Å²) < 4.78 is 15.3. The number of anilines is 2. The Balaban J connectivity index is 1.29. The molecule has 1 saturated carbocycles. The molecule has 4 aromatic rings. The Kier molecular flexibility index (Phi) is 7.52. The van der Waals surface area contributed by atoms with Gasteiger partial charge in [0.2, 0.25) is 11.8 Å². The number of Topliss-reactive ketones (excluding diaryl/α,β-unsaturated/α-hetero) is 1. The number of halogens is 1. The SMILES string of the molecule is CC(=O)c1ccc(N2C(=O)C3CC=C4C(CC5C(=O)N(Nc6ccc(C)cc6)C(=O)C5(c5ccccc5)C4c4ccc(O)c(F)c4)C3C2=O)cc1. The van der Waals surface area contributed by atoms with Crippen molar-refractivity contribution in [1.82, 2.24) is 5.01 Å². The third-order valence-corrected chi connectivity index (χ3v) is 11.2. The number of phenolic OH excluding ortho intramolecular Hbond substituents is 1. The number of imide groups is 2. The fourth-order valence-corrected chi connectivity index (χ4v) is 8.92. The van der Waals surface area contributed by atoms with Crippen molar-refractivity contribution in [2.24, 2.45) is 23.7 Å². The summed E-state index contributed by atoms with van der Waals surface area (Å²) >= 11 is 0. The van der Waals surface area contributed by atoms with Crippen LogP contribution in [0, 0.1) is 36.4 Å². The van der Waals surface area contributed by atoms with Gasteiger partial charge in [0.15, 0.2) is 17.3 Å². The van der Waals surface area contributed by atoms with Gasteiger partial charge in [0, 0.05) is 11.5 Å². The number of nitrogens with one attached hydrogen (secondary N) is 1. The minimum atomic E-state index is -1.55. The van der Waals surface area contributed by atoms with Gasteiger partial charge in [-0.25, -0.2) is 4.39 Å². The number of benzene rings is 4. The highest BCUT2D eigenvalue weighted by molar-refractivity contribution is 6.22. The Morgan fingerprint density at radius 3 is 2.24 bits per heavy atom. The van der Waals surface area contributed by atoms with Gasteiger partial charge in [0.1, 0.15) is 0 Å². The lowest BCUT2D eigenvalue weighted by Gasteiger charge is -2.50. The van der Waals surface area contributed by atoms with E-state index in [1.807, 2.05) is 31.2 Å². The first-order valence-corrected chi connectivity index (χ1v) is 17.0. The molecule has 0 bridgehead atoms. The lowest BCUT2D eigenvalue weighted by atomic mass is 9.49. The first-order valence-electron chi connectivity index (χ1n) is 17.0. The highest BCUT2D eigenvalue weighted by Crippen LogP contribution is 2.64. The number of amides is 4. The van der Waals surface area contributed by atoms with E-state index >= 15 is 9.18 Å². The molecule has 0 radical (unpaired) electrons. The zero-order valence-corrected chi connectivity index (χ0v) is 27.9. The molecule has 51 heavy (non-hydrogen) atoms. The number of hydrogen-bond donors (Lipinski definition) is 2. The summed E-state index contributed by atoms with van der Waals surface area (Å²) in [5.41, 5.74) is 5.39. The largest absolute Gasteiger partial charge is 0.505 e. The molecule has 4 aromatic carbocycles. The van der Waals surface area contributed by atoms with Crippen LogP contribution in [0.15, 0.2) is 109 Å². The molecule has 2 saturated heterocycles. The van der Waals surface area contributed by atoms with Gasteiger partial charge in [0.05, 0.1) is 34.5 Å². The Labute approximate surface area is 293 Å². The minimum Gasteiger partial charge on any atom is -0.505 e. The number of hydrazine groups is 1. The fourth-order valence-electron chi connectivity index (χ4n) is 8.92. The Morgan fingerprint density at radius 2 is 1.57 bits per heavy atom. The van der Waals surface area contributed by atoms with Gasteiger partial charge in [-0.05, 0) is 92.3 Å². The number of allylic oxidation sites excluding steroid dienone is 2. The van der Waals surface area contributed by atoms with Crippen LogP contribution in [-0.2, 0) is 24.6 Å². The Hall–Kier alpha value is -5.90. The van der Waals surface area contributed by atoms with Crippen molar-refractivity contribution >= 4 is 40.8 Å². The van der Waals surface area contributed by atoms with E-state index in [-0.39, 0.29) is 24.5 Å². The first kappa shape index (κ1) is 32.3. The quantitative estimate of drug-likeness (QED) is 0.140. The molecule has 6 unspecified atom stereocenters. The van der Waals surface area contributed by atoms with E-state index < -0.39 is 64.3 Å². The number of carbonyl (C=O) groups excluding carboxylic acids is 5. The molecule has 2 aliphatic carbocycles. The molecule has 0 spiro atoms. The van der Waals surface area contributed by atoms with Crippen LogP contribution >= 0.6 is 0 Å². The van der Waals surface area contributed by atoms with Crippen LogP contribution in [0.5, 0.6) is 5.75 Å². The molecule has 256 valence electrons. The molecule has 8 rings (SSSR count). The van der Waals surface area contributed by atoms with Gasteiger partial charge < -0.3 is 5.11 Å². The van der Waals surface area contributed by atoms with E-state index in [4.69, 9.17) is 0 Å². The van der Waals surface area contributed by atoms with Crippen LogP contribution in [0.1, 0.15) is 52.7 Å². The van der Waals surface area contributed by atoms with Crippen molar-refractivity contribution in [3.63, 3.8) is 0 Å². The average Bonchev–Trinajstić information content (AvgIpc) is 3.51. The average molecular weight is 684 g/mol. The normalized spacial score (nSPS) is 26.8. The number of aryl methyl sites for hydroxylation is 1. The summed E-state index contributed by atoms with van der Waals surface area (Å²) in [5, 5.41) is 11.2. The molecule has 3 fully saturated rings. The molecular weight excluding hydrogens is 649 g/mol. The second-order valence-corrected chi connectivity index (χ2v) is 13.9. The van der Waals surface area contributed by atoms with Crippen molar-refractivity contribution in [3.05, 3.63) is 137 Å². The van der Waals surface area contributed by atoms with Crippen molar-refractivity contribution in [2.75, 3.05) is 10.3 Å². The second-order valence-electron chi connectivity index (χ2n) is 13.9. The molecule has 9 nitrogen and oxygen atoms in total. The van der Waals surface area contributed by atoms with Crippen molar-refractivity contribution < 1.29 is 33.5 Å². The smallest absolute Gasteiger partial charge is 0.260 e. The van der Waals surface area contributed by atoms with Gasteiger partial charge in [-0.1, -0.05) is 65.7 Å². The van der Waals surface area contributed by atoms with Crippen molar-refractivity contribution in [2.45, 2.75) is 38.0 Å². The molecule has 4 amide bonds. The zero-order chi connectivity index (χ0) is 35.8. The molecule has 2 aliphatic heterocycles. The van der Waals surface area contributed by atoms with Crippen LogP contribution in [0.4, 0.5) is 15.8 Å². The van der Waals surface area contributed by atoms with E-state index in [0.717, 1.165) is 15.5 Å². The number of aromatic hydroxyl groups is 1. The van der Waals surface area contributed by atoms with E-state index in [9.17, 15) is 24.3 Å². The fraction of sp³-hybridized carbons (Fsp3) is 0.244. The number of carbonyl (C=O) groups is 5. The minimum absolute atomic E-state index is 0.0890. The predicted octanol–water partition coefficient (Wildman–Crippen LogP) is 6.23. The third-order valence-electron chi connectivity index (χ3n) is 11.2. The predicted molar refractivity (Wildman–Crippen MR) is 186 cm³/mol. The summed E-state index contributed by atoms with van der Waals surface area (Å²) in [5.74, 6) is -7.53. The molecular formula is C41H34FN3O6. The van der Waals surface area contributed by atoms with Gasteiger partial charge in [-0.3, -0.25) is 34.3 Å². The number of rotatable bonds is 6. The molecule has 10 heteroatoms. The molecule has 0 aromatic heterocycles. The van der Waals surface area contributed by atoms with E-state index in [1.165, 1.54) is 19.1 Å². The lowest BCUT2D eigenvalue weighted by molar-refractivity contribution is -0.138. The van der Waals surface area contributed by atoms with Crippen LogP contribution in [0.25, 0.3) is 0 Å².